The van der Waals surface area contributed by atoms with Crippen LogP contribution in [-0.4, -0.2) is 46.8 Å². The van der Waals surface area contributed by atoms with Crippen LogP contribution >= 0.6 is 44.3 Å². The summed E-state index contributed by atoms with van der Waals surface area (Å²) < 4.78 is 8.67. The maximum atomic E-state index is 11.6. The van der Waals surface area contributed by atoms with Crippen molar-refractivity contribution in [2.24, 2.45) is 5.73 Å². The quantitative estimate of drug-likeness (QED) is 0.495. The number of ether oxygens (including phenoxy) is 1. The average Bonchev–Trinajstić information content (AvgIpc) is 2.94. The Morgan fingerprint density at radius 2 is 2.19 bits per heavy atom. The molecule has 0 radical (unpaired) electrons. The van der Waals surface area contributed by atoms with E-state index in [0.29, 0.717) is 46.7 Å². The molecule has 0 spiro atoms. The molecular formula is C15H20Br2ClN5O3. The maximum Gasteiger partial charge on any atom is 0.312 e. The van der Waals surface area contributed by atoms with E-state index in [1.54, 1.807) is 0 Å². The van der Waals surface area contributed by atoms with Crippen LogP contribution in [0.3, 0.4) is 0 Å². The third kappa shape index (κ3) is 3.70. The lowest BCUT2D eigenvalue weighted by atomic mass is 10.2. The summed E-state index contributed by atoms with van der Waals surface area (Å²) in [7, 11) is 0. The Hall–Kier alpha value is -0.940. The first-order valence-corrected chi connectivity index (χ1v) is 9.54. The zero-order valence-corrected chi connectivity index (χ0v) is 18.3. The molecule has 26 heavy (non-hydrogen) atoms. The van der Waals surface area contributed by atoms with Crippen LogP contribution in [0.4, 0.5) is 11.6 Å². The molecule has 1 fully saturated rings. The van der Waals surface area contributed by atoms with Gasteiger partial charge in [0.1, 0.15) is 4.47 Å². The summed E-state index contributed by atoms with van der Waals surface area (Å²) in [6.07, 6.45) is -0.0670. The molecule has 0 amide bonds. The van der Waals surface area contributed by atoms with Crippen molar-refractivity contribution < 1.29 is 9.66 Å². The first-order chi connectivity index (χ1) is 11.8. The molecule has 2 N–H and O–H groups in total. The van der Waals surface area contributed by atoms with Crippen molar-refractivity contribution in [3.05, 3.63) is 25.1 Å². The molecule has 1 aliphatic rings. The van der Waals surface area contributed by atoms with Crippen LogP contribution in [0.1, 0.15) is 19.9 Å². The summed E-state index contributed by atoms with van der Waals surface area (Å²) in [6, 6.07) is 1.95. The number of aromatic nitrogens is 2. The first kappa shape index (κ1) is 21.4. The highest BCUT2D eigenvalue weighted by molar-refractivity contribution is 9.13. The minimum absolute atomic E-state index is 0. The Labute approximate surface area is 173 Å². The predicted molar refractivity (Wildman–Crippen MR) is 110 cm³/mol. The molecule has 0 saturated carbocycles. The van der Waals surface area contributed by atoms with Crippen LogP contribution in [0.2, 0.25) is 0 Å². The van der Waals surface area contributed by atoms with Crippen LogP contribution < -0.4 is 10.6 Å². The number of hydrogen-bond donors (Lipinski definition) is 1. The molecule has 2 heterocycles. The summed E-state index contributed by atoms with van der Waals surface area (Å²) in [6.45, 7) is 6.33. The number of morpholine rings is 1. The van der Waals surface area contributed by atoms with E-state index in [1.165, 1.54) is 0 Å². The van der Waals surface area contributed by atoms with Crippen LogP contribution in [0.25, 0.3) is 11.0 Å². The van der Waals surface area contributed by atoms with E-state index in [0.717, 1.165) is 5.52 Å². The molecule has 1 unspecified atom stereocenters. The minimum Gasteiger partial charge on any atom is -0.373 e. The zero-order chi connectivity index (χ0) is 18.3. The maximum absolute atomic E-state index is 11.6. The lowest BCUT2D eigenvalue weighted by molar-refractivity contribution is -0.384. The summed E-state index contributed by atoms with van der Waals surface area (Å²) in [4.78, 5) is 17.9. The number of imidazole rings is 1. The topological polar surface area (TPSA) is 99.5 Å². The van der Waals surface area contributed by atoms with Gasteiger partial charge in [-0.25, -0.2) is 4.98 Å². The molecule has 144 valence electrons. The molecule has 1 aromatic carbocycles. The van der Waals surface area contributed by atoms with Gasteiger partial charge in [-0.2, -0.15) is 0 Å². The monoisotopic (exact) mass is 511 g/mol. The van der Waals surface area contributed by atoms with Crippen LogP contribution in [0.5, 0.6) is 0 Å². The second kappa shape index (κ2) is 8.39. The highest BCUT2D eigenvalue weighted by Gasteiger charge is 2.30. The molecule has 1 atom stereocenters. The Balaban J connectivity index is 0.00000243. The Morgan fingerprint density at radius 3 is 2.77 bits per heavy atom. The Bertz CT molecular complexity index is 829. The van der Waals surface area contributed by atoms with Gasteiger partial charge < -0.3 is 19.9 Å². The molecule has 1 saturated heterocycles. The van der Waals surface area contributed by atoms with E-state index in [1.807, 2.05) is 24.5 Å². The summed E-state index contributed by atoms with van der Waals surface area (Å²) in [5, 5.41) is 11.6. The van der Waals surface area contributed by atoms with E-state index >= 15 is 0 Å². The predicted octanol–water partition coefficient (Wildman–Crippen LogP) is 3.64. The molecule has 0 bridgehead atoms. The molecule has 0 aliphatic carbocycles. The lowest BCUT2D eigenvalue weighted by Gasteiger charge is -2.33. The molecule has 11 heteroatoms. The first-order valence-electron chi connectivity index (χ1n) is 7.96. The lowest BCUT2D eigenvalue weighted by Crippen LogP contribution is -2.46. The van der Waals surface area contributed by atoms with Gasteiger partial charge in [-0.15, -0.1) is 12.4 Å². The van der Waals surface area contributed by atoms with Gasteiger partial charge in [0.2, 0.25) is 5.95 Å². The van der Waals surface area contributed by atoms with Gasteiger partial charge >= 0.3 is 5.69 Å². The molecule has 1 aromatic heterocycles. The fraction of sp³-hybridized carbons (Fsp3) is 0.533. The SMILES string of the molecule is CC(C)n1c(N2CCOC(CN)C2)nc2c([N+](=O)[O-])c(Br)c(Br)cc21.Cl. The number of rotatable bonds is 4. The average molecular weight is 514 g/mol. The second-order valence-corrected chi connectivity index (χ2v) is 7.84. The summed E-state index contributed by atoms with van der Waals surface area (Å²) in [5.74, 6) is 0.708. The van der Waals surface area contributed by atoms with Crippen molar-refractivity contribution >= 4 is 66.9 Å². The third-order valence-corrected chi connectivity index (χ3v) is 6.18. The molecule has 8 nitrogen and oxygen atoms in total. The van der Waals surface area contributed by atoms with Crippen LogP contribution in [0, 0.1) is 10.1 Å². The molecule has 1 aliphatic heterocycles. The van der Waals surface area contributed by atoms with E-state index in [9.17, 15) is 10.1 Å². The number of nitrogens with two attached hydrogens (primary N) is 1. The molecule has 3 rings (SSSR count). The normalized spacial score (nSPS) is 17.6. The van der Waals surface area contributed by atoms with Crippen molar-refractivity contribution in [2.75, 3.05) is 31.1 Å². The van der Waals surface area contributed by atoms with Crippen molar-refractivity contribution in [1.82, 2.24) is 9.55 Å². The molecular weight excluding hydrogens is 493 g/mol. The van der Waals surface area contributed by atoms with Gasteiger partial charge in [0, 0.05) is 30.1 Å². The number of hydrogen-bond acceptors (Lipinski definition) is 6. The van der Waals surface area contributed by atoms with Gasteiger partial charge in [-0.05, 0) is 51.8 Å². The van der Waals surface area contributed by atoms with Crippen LogP contribution in [0.15, 0.2) is 15.0 Å². The van der Waals surface area contributed by atoms with Crippen LogP contribution in [-0.2, 0) is 4.74 Å². The summed E-state index contributed by atoms with van der Waals surface area (Å²) in [5.41, 5.74) is 6.81. The third-order valence-electron chi connectivity index (χ3n) is 4.22. The van der Waals surface area contributed by atoms with Crippen molar-refractivity contribution in [3.63, 3.8) is 0 Å². The highest BCUT2D eigenvalue weighted by atomic mass is 79.9. The van der Waals surface area contributed by atoms with E-state index < -0.39 is 4.92 Å². The van der Waals surface area contributed by atoms with Crippen molar-refractivity contribution in [2.45, 2.75) is 26.0 Å². The van der Waals surface area contributed by atoms with E-state index in [4.69, 9.17) is 10.5 Å². The number of benzene rings is 1. The highest BCUT2D eigenvalue weighted by Crippen LogP contribution is 2.41. The minimum atomic E-state index is -0.402. The van der Waals surface area contributed by atoms with E-state index in [-0.39, 0.29) is 30.2 Å². The number of fused-ring (bicyclic) bond motifs is 1. The second-order valence-electron chi connectivity index (χ2n) is 6.20. The number of halogens is 3. The van der Waals surface area contributed by atoms with Crippen molar-refractivity contribution in [3.8, 4) is 0 Å². The van der Waals surface area contributed by atoms with E-state index in [2.05, 4.69) is 41.7 Å². The fourth-order valence-corrected chi connectivity index (χ4v) is 3.94. The number of anilines is 1. The standard InChI is InChI=1S/C15H19Br2N5O3.ClH/c1-8(2)21-11-5-10(16)12(17)14(22(23)24)13(11)19-15(21)20-3-4-25-9(6-18)7-20;/h5,8-9H,3-4,6-7,18H2,1-2H3;1H. The van der Waals surface area contributed by atoms with Gasteiger partial charge in [0.05, 0.1) is 23.2 Å². The number of nitro benzene ring substituents is 1. The van der Waals surface area contributed by atoms with Gasteiger partial charge in [0.25, 0.3) is 0 Å². The fourth-order valence-electron chi connectivity index (χ4n) is 3.09. The largest absolute Gasteiger partial charge is 0.373 e. The number of nitrogens with zero attached hydrogens (tertiary/aromatic N) is 4. The van der Waals surface area contributed by atoms with Gasteiger partial charge in [0.15, 0.2) is 5.52 Å². The van der Waals surface area contributed by atoms with Gasteiger partial charge in [-0.1, -0.05) is 0 Å². The van der Waals surface area contributed by atoms with Crippen molar-refractivity contribution in [1.29, 1.82) is 0 Å². The number of nitro groups is 1. The summed E-state index contributed by atoms with van der Waals surface area (Å²) >= 11 is 6.70. The Kier molecular flexibility index (Phi) is 6.89. The zero-order valence-electron chi connectivity index (χ0n) is 14.3. The molecule has 2 aromatic rings. The Morgan fingerprint density at radius 1 is 1.50 bits per heavy atom. The smallest absolute Gasteiger partial charge is 0.312 e. The van der Waals surface area contributed by atoms with Gasteiger partial charge in [-0.3, -0.25) is 10.1 Å².